The first-order valence-corrected chi connectivity index (χ1v) is 35.9. The van der Waals surface area contributed by atoms with Crippen LogP contribution in [-0.4, -0.2) is 268 Å². The zero-order valence-corrected chi connectivity index (χ0v) is 61.6. The number of hydrogen-bond donors (Lipinski definition) is 19. The molecule has 42 nitrogen and oxygen atoms in total. The van der Waals surface area contributed by atoms with Crippen molar-refractivity contribution in [2.45, 2.75) is 125 Å². The van der Waals surface area contributed by atoms with Gasteiger partial charge in [0.1, 0.15) is 72.6 Å². The van der Waals surface area contributed by atoms with Crippen LogP contribution in [0.2, 0.25) is 0 Å². The maximum absolute atomic E-state index is 14.0. The summed E-state index contributed by atoms with van der Waals surface area (Å²) in [6.45, 7) is -0.475. The number of imidazole rings is 2. The van der Waals surface area contributed by atoms with E-state index < -0.39 is 224 Å². The molecule has 0 spiro atoms. The summed E-state index contributed by atoms with van der Waals surface area (Å²) in [5.41, 5.74) is 5.81. The van der Waals surface area contributed by atoms with Gasteiger partial charge in [0, 0.05) is 118 Å². The van der Waals surface area contributed by atoms with Gasteiger partial charge in [0.05, 0.1) is 60.3 Å². The maximum Gasteiger partial charge on any atom is 0.336 e. The van der Waals surface area contributed by atoms with Crippen LogP contribution in [0.3, 0.4) is 0 Å². The monoisotopic (exact) mass is 1600 g/mol. The van der Waals surface area contributed by atoms with Gasteiger partial charge in [-0.05, 0) is 74.7 Å². The third-order valence-electron chi connectivity index (χ3n) is 16.9. The molecule has 113 heavy (non-hydrogen) atoms. The molecule has 1 aliphatic carbocycles. The minimum absolute atomic E-state index is 0.0327. The summed E-state index contributed by atoms with van der Waals surface area (Å²) in [5.74, 6) is -16.4. The number of phenols is 1. The number of hydrogen-bond acceptors (Lipinski definition) is 26. The number of benzene rings is 3. The lowest BCUT2D eigenvalue weighted by atomic mass is 9.89. The van der Waals surface area contributed by atoms with Crippen LogP contribution < -0.4 is 64.3 Å². The van der Waals surface area contributed by atoms with E-state index >= 15 is 0 Å². The van der Waals surface area contributed by atoms with E-state index in [2.05, 4.69) is 73.1 Å². The third-order valence-corrected chi connectivity index (χ3v) is 18.2. The van der Waals surface area contributed by atoms with Gasteiger partial charge in [0.25, 0.3) is 5.91 Å². The van der Waals surface area contributed by atoms with Crippen molar-refractivity contribution in [3.63, 3.8) is 0 Å². The number of aliphatic carboxylic acids is 2. The van der Waals surface area contributed by atoms with E-state index in [1.54, 1.807) is 0 Å². The molecule has 3 aliphatic rings. The van der Waals surface area contributed by atoms with Gasteiger partial charge in [-0.25, -0.2) is 14.8 Å². The van der Waals surface area contributed by atoms with Gasteiger partial charge < -0.3 is 113 Å². The summed E-state index contributed by atoms with van der Waals surface area (Å²) in [6, 6.07) is 0.766. The second-order valence-electron chi connectivity index (χ2n) is 25.6. The number of aliphatic hydroxyl groups is 2. The molecule has 2 aromatic carbocycles. The number of primary amides is 1. The second-order valence-corrected chi connectivity index (χ2v) is 26.8. The molecule has 13 amide bonds. The number of amides is 13. The topological polar surface area (TPSA) is 650 Å². The van der Waals surface area contributed by atoms with E-state index in [0.29, 0.717) is 10.9 Å². The first-order chi connectivity index (χ1) is 53.7. The van der Waals surface area contributed by atoms with Crippen molar-refractivity contribution in [1.29, 1.82) is 0 Å². The molecule has 2 aromatic heterocycles. The summed E-state index contributed by atoms with van der Waals surface area (Å²) in [4.78, 5) is 236. The molecule has 10 atom stereocenters. The minimum atomic E-state index is -1.75. The van der Waals surface area contributed by atoms with Crippen molar-refractivity contribution in [3.05, 3.63) is 112 Å². The van der Waals surface area contributed by atoms with Gasteiger partial charge in [-0.2, -0.15) is 0 Å². The molecule has 7 rings (SSSR count). The highest BCUT2D eigenvalue weighted by Gasteiger charge is 2.40. The summed E-state index contributed by atoms with van der Waals surface area (Å²) in [7, 11) is 0. The van der Waals surface area contributed by atoms with Crippen LogP contribution in [0.5, 0.6) is 5.75 Å². The van der Waals surface area contributed by atoms with Crippen molar-refractivity contribution >= 4 is 117 Å². The number of imide groups is 1. The molecular weight excluding hydrogens is 1510 g/mol. The van der Waals surface area contributed by atoms with Crippen LogP contribution in [0.1, 0.15) is 85.0 Å². The molecule has 2 aliphatic heterocycles. The number of aromatic nitrogens is 4. The number of H-pyrrole nitrogens is 2. The maximum atomic E-state index is 14.0. The number of nitrogens with zero attached hydrogens (tertiary/aromatic N) is 3. The van der Waals surface area contributed by atoms with Gasteiger partial charge in [-0.15, -0.1) is 11.8 Å². The molecule has 20 N–H and O–H groups in total. The molecule has 1 fully saturated rings. The standard InChI is InChI=1S/C70H84N16O26S/c1-33(87)59(79-35(3)89)67(105)83-48(22-38-27-73-32-78-38)66(104)82-46(11-13-57(97)98)63(101)75-15-18-110-28-53(92)80-49(64(102)76-16-19-111-29-54(93)85-60(34(2)88)68(106)84-47(21-37-26-72-31-77-37)65(103)81-45(61(71)99)10-12-56(95)96)30-113-52-25-55(94)86(69(52)107)17-14-74-62(100)36-4-7-41(70(108)109)44(20-36)58-42-8-5-39(90)23-50(42)112-51-24-40(91)6-9-43(51)58/h4-9,20,23-24,26-27,31-34,45-49,52,59-60,87-88,90H,10-19,21-22,25,28-30H2,1-3H3,(H2,71,99)(H,72,77)(H,73,78)(H,74,100)(H,75,101)(H,76,102)(H,79,89)(H,80,92)(H,81,103)(H,82,104)(H,83,105)(H,84,106)(H,85,93)(H,95,96)(H,97,98)(H,108,109)/t33-,34-,45+,46+,47+,48+,49+,52?,59+,60+/m0/s1. The van der Waals surface area contributed by atoms with Crippen molar-refractivity contribution < 1.29 is 121 Å². The second kappa shape index (κ2) is 41.9. The number of nitrogens with one attached hydrogen (secondary N) is 12. The lowest BCUT2D eigenvalue weighted by molar-refractivity contribution is -0.139. The minimum Gasteiger partial charge on any atom is -0.508 e. The Kier molecular flexibility index (Phi) is 32.4. The van der Waals surface area contributed by atoms with E-state index in [0.717, 1.165) is 30.5 Å². The Balaban J connectivity index is 0.980. The highest BCUT2D eigenvalue weighted by atomic mass is 32.2. The number of nitrogens with two attached hydrogens (primary N) is 1. The van der Waals surface area contributed by atoms with Crippen LogP contribution in [-0.2, 0) is 89.4 Å². The predicted molar refractivity (Wildman–Crippen MR) is 391 cm³/mol. The van der Waals surface area contributed by atoms with E-state index in [4.69, 9.17) is 24.7 Å². The Labute approximate surface area is 644 Å². The largest absolute Gasteiger partial charge is 0.508 e. The number of thioether (sulfide) groups is 1. The molecular formula is C70H84N16O26S. The molecule has 0 saturated carbocycles. The Morgan fingerprint density at radius 3 is 1.71 bits per heavy atom. The molecule has 0 bridgehead atoms. The number of aromatic hydroxyl groups is 1. The SMILES string of the molecule is CC(=O)N[C@@H](C(=O)N[C@H](Cc1c[nH]cn1)C(=O)N[C@H](CCC(=O)O)C(=O)NCCOCC(=O)N[C@H](CSC1CC(=O)N(CCNC(=O)c2ccc(C(=O)O)c(-c3c4ccc(=O)cc-4oc4cc(O)ccc34)c2)C1=O)C(=O)NCCOCC(=O)N[C@@H](C(=O)N[C@H](Cc1c[nH]cn1)C(=O)N[C@H](CCC(=O)O)C(N)=O)[C@H](C)O)[C@H](C)O. The van der Waals surface area contributed by atoms with E-state index in [9.17, 15) is 107 Å². The molecule has 1 saturated heterocycles. The lowest BCUT2D eigenvalue weighted by Crippen LogP contribution is -2.59. The molecule has 4 aromatic rings. The normalized spacial score (nSPS) is 15.0. The third kappa shape index (κ3) is 26.2. The zero-order valence-electron chi connectivity index (χ0n) is 60.8. The Hall–Kier alpha value is -12.7. The average molecular weight is 1600 g/mol. The molecule has 1 unspecified atom stereocenters. The van der Waals surface area contributed by atoms with Crippen LogP contribution >= 0.6 is 11.8 Å². The van der Waals surface area contributed by atoms with Gasteiger partial charge in [-0.1, -0.05) is 0 Å². The summed E-state index contributed by atoms with van der Waals surface area (Å²) < 4.78 is 16.8. The summed E-state index contributed by atoms with van der Waals surface area (Å²) in [5, 5.41) is 83.2. The fourth-order valence-electron chi connectivity index (χ4n) is 11.4. The van der Waals surface area contributed by atoms with Crippen LogP contribution in [0.15, 0.2) is 88.9 Å². The average Bonchev–Trinajstić information content (AvgIpc) is 1.31. The number of aromatic amines is 2. The first-order valence-electron chi connectivity index (χ1n) is 34.8. The number of ether oxygens (including phenoxy) is 2. The summed E-state index contributed by atoms with van der Waals surface area (Å²) >= 11 is 0.779. The number of fused-ring (bicyclic) bond motifs is 2. The first kappa shape index (κ1) is 87.5. The Morgan fingerprint density at radius 1 is 0.619 bits per heavy atom. The highest BCUT2D eigenvalue weighted by Crippen LogP contribution is 2.42. The van der Waals surface area contributed by atoms with Gasteiger partial charge in [0.15, 0.2) is 5.43 Å². The van der Waals surface area contributed by atoms with Crippen molar-refractivity contribution in [1.82, 2.24) is 78.0 Å². The smallest absolute Gasteiger partial charge is 0.336 e. The number of carboxylic acids is 3. The number of aliphatic hydroxyl groups excluding tert-OH is 2. The fraction of sp³-hybridized carbons (Fsp3) is 0.414. The van der Waals surface area contributed by atoms with Crippen molar-refractivity contribution in [2.75, 3.05) is 58.4 Å². The molecule has 0 radical (unpaired) electrons. The van der Waals surface area contributed by atoms with E-state index in [-0.39, 0.29) is 89.8 Å². The van der Waals surface area contributed by atoms with Crippen LogP contribution in [0.4, 0.5) is 0 Å². The fourth-order valence-corrected chi connectivity index (χ4v) is 12.6. The molecule has 4 heterocycles. The highest BCUT2D eigenvalue weighted by molar-refractivity contribution is 8.00. The van der Waals surface area contributed by atoms with Crippen LogP contribution in [0.25, 0.3) is 33.4 Å². The van der Waals surface area contributed by atoms with Crippen LogP contribution in [0, 0.1) is 0 Å². The number of carbonyl (C=O) groups is 16. The quantitative estimate of drug-likeness (QED) is 0.00968. The number of aromatic carboxylic acids is 1. The van der Waals surface area contributed by atoms with Gasteiger partial charge in [0.2, 0.25) is 70.9 Å². The lowest BCUT2D eigenvalue weighted by Gasteiger charge is -2.25. The van der Waals surface area contributed by atoms with E-state index in [1.165, 1.54) is 86.6 Å². The number of carbonyl (C=O) groups excluding carboxylic acids is 13. The zero-order chi connectivity index (χ0) is 82.8. The number of carboxylic acid groups (broad SMARTS) is 3. The van der Waals surface area contributed by atoms with Gasteiger partial charge in [-0.3, -0.25) is 81.6 Å². The Bertz CT molecular complexity index is 4520. The number of likely N-dealkylation sites (tertiary alicyclic amines) is 1. The summed E-state index contributed by atoms with van der Waals surface area (Å²) in [6.07, 6.45) is -0.783. The Morgan fingerprint density at radius 2 is 1.17 bits per heavy atom. The molecule has 43 heteroatoms. The van der Waals surface area contributed by atoms with Crippen molar-refractivity contribution in [2.24, 2.45) is 5.73 Å². The molecule has 606 valence electrons. The predicted octanol–water partition coefficient (Wildman–Crippen LogP) is -4.85. The van der Waals surface area contributed by atoms with Crippen molar-refractivity contribution in [3.8, 4) is 28.2 Å². The number of rotatable bonds is 45. The van der Waals surface area contributed by atoms with E-state index in [1.807, 2.05) is 0 Å². The van der Waals surface area contributed by atoms with Gasteiger partial charge >= 0.3 is 17.9 Å². The number of phenolic OH excluding ortho intramolecular Hbond substituents is 1.